The van der Waals surface area contributed by atoms with Gasteiger partial charge in [0.15, 0.2) is 12.7 Å². The number of rotatable bonds is 8. The average molecular weight is 426 g/mol. The van der Waals surface area contributed by atoms with Crippen LogP contribution in [0.15, 0.2) is 36.4 Å². The lowest BCUT2D eigenvalue weighted by Gasteiger charge is -2.33. The molecule has 0 radical (unpaired) electrons. The van der Waals surface area contributed by atoms with Gasteiger partial charge in [0.05, 0.1) is 5.69 Å². The van der Waals surface area contributed by atoms with Crippen LogP contribution in [0.1, 0.15) is 24.5 Å². The van der Waals surface area contributed by atoms with Crippen LogP contribution in [0.5, 0.6) is 11.5 Å². The molecule has 31 heavy (non-hydrogen) atoms. The zero-order valence-corrected chi connectivity index (χ0v) is 18.9. The molecule has 3 rings (SSSR count). The average Bonchev–Trinajstić information content (AvgIpc) is 2.71. The molecular formula is C24H31N3O4. The summed E-state index contributed by atoms with van der Waals surface area (Å²) in [5.41, 5.74) is 3.32. The van der Waals surface area contributed by atoms with E-state index in [9.17, 15) is 9.59 Å². The minimum Gasteiger partial charge on any atom is -0.483 e. The molecule has 1 aliphatic heterocycles. The fraction of sp³-hybridized carbons (Fsp3) is 0.417. The van der Waals surface area contributed by atoms with Gasteiger partial charge in [-0.1, -0.05) is 12.1 Å². The summed E-state index contributed by atoms with van der Waals surface area (Å²) in [6.07, 6.45) is 0.309. The van der Waals surface area contributed by atoms with Gasteiger partial charge in [-0.15, -0.1) is 0 Å². The third-order valence-electron chi connectivity index (χ3n) is 5.14. The van der Waals surface area contributed by atoms with Gasteiger partial charge in [0.25, 0.3) is 11.8 Å². The van der Waals surface area contributed by atoms with Crippen molar-refractivity contribution in [2.75, 3.05) is 44.0 Å². The summed E-state index contributed by atoms with van der Waals surface area (Å²) < 4.78 is 11.4. The second-order valence-electron chi connectivity index (χ2n) is 8.20. The van der Waals surface area contributed by atoms with Crippen LogP contribution in [0.3, 0.4) is 0 Å². The Balaban J connectivity index is 1.69. The first-order valence-corrected chi connectivity index (χ1v) is 10.5. The molecule has 0 bridgehead atoms. The summed E-state index contributed by atoms with van der Waals surface area (Å²) in [6, 6.07) is 11.2. The Kier molecular flexibility index (Phi) is 7.17. The highest BCUT2D eigenvalue weighted by Gasteiger charge is 2.31. The smallest absolute Gasteiger partial charge is 0.267 e. The Bertz CT molecular complexity index is 958. The first kappa shape index (κ1) is 22.6. The van der Waals surface area contributed by atoms with E-state index in [-0.39, 0.29) is 18.4 Å². The largest absolute Gasteiger partial charge is 0.483 e. The number of amides is 2. The molecule has 2 amide bonds. The van der Waals surface area contributed by atoms with Crippen LogP contribution >= 0.6 is 0 Å². The number of ether oxygens (including phenoxy) is 2. The number of nitrogens with one attached hydrogen (secondary N) is 1. The molecule has 2 aromatic rings. The van der Waals surface area contributed by atoms with Gasteiger partial charge in [-0.05, 0) is 83.2 Å². The van der Waals surface area contributed by atoms with Gasteiger partial charge in [0.2, 0.25) is 0 Å². The number of fused-ring (bicyclic) bond motifs is 1. The number of nitrogens with zero attached hydrogens (tertiary/aromatic N) is 2. The second-order valence-corrected chi connectivity index (χ2v) is 8.20. The van der Waals surface area contributed by atoms with Crippen molar-refractivity contribution < 1.29 is 19.1 Å². The lowest BCUT2D eigenvalue weighted by Crippen LogP contribution is -2.45. The van der Waals surface area contributed by atoms with Crippen LogP contribution in [0, 0.1) is 13.8 Å². The number of anilines is 2. The van der Waals surface area contributed by atoms with Gasteiger partial charge in [0.1, 0.15) is 11.5 Å². The fourth-order valence-corrected chi connectivity index (χ4v) is 3.46. The molecule has 1 atom stereocenters. The van der Waals surface area contributed by atoms with Crippen molar-refractivity contribution in [1.29, 1.82) is 0 Å². The van der Waals surface area contributed by atoms with E-state index in [0.29, 0.717) is 29.4 Å². The molecular weight excluding hydrogens is 394 g/mol. The number of carbonyl (C=O) groups excluding carboxylic acids is 2. The fourth-order valence-electron chi connectivity index (χ4n) is 3.46. The Morgan fingerprint density at radius 2 is 1.97 bits per heavy atom. The highest BCUT2D eigenvalue weighted by atomic mass is 16.5. The number of hydrogen-bond donors (Lipinski definition) is 1. The van der Waals surface area contributed by atoms with Crippen molar-refractivity contribution in [2.24, 2.45) is 0 Å². The van der Waals surface area contributed by atoms with Crippen molar-refractivity contribution >= 4 is 23.2 Å². The lowest BCUT2D eigenvalue weighted by atomic mass is 10.1. The summed E-state index contributed by atoms with van der Waals surface area (Å²) in [5, 5.41) is 2.85. The van der Waals surface area contributed by atoms with E-state index in [1.807, 2.05) is 46.1 Å². The topological polar surface area (TPSA) is 71.1 Å². The van der Waals surface area contributed by atoms with E-state index in [4.69, 9.17) is 9.47 Å². The predicted octanol–water partition coefficient (Wildman–Crippen LogP) is 3.39. The zero-order chi connectivity index (χ0) is 22.5. The highest BCUT2D eigenvalue weighted by molar-refractivity contribution is 6.01. The Hall–Kier alpha value is -3.06. The summed E-state index contributed by atoms with van der Waals surface area (Å²) in [7, 11) is 4.01. The van der Waals surface area contributed by atoms with E-state index in [2.05, 4.69) is 10.2 Å². The summed E-state index contributed by atoms with van der Waals surface area (Å²) in [6.45, 7) is 7.04. The van der Waals surface area contributed by atoms with Crippen molar-refractivity contribution in [1.82, 2.24) is 4.90 Å². The van der Waals surface area contributed by atoms with E-state index in [0.717, 1.165) is 24.1 Å². The molecule has 1 heterocycles. The minimum atomic E-state index is -0.529. The lowest BCUT2D eigenvalue weighted by molar-refractivity contribution is -0.125. The molecule has 7 nitrogen and oxygen atoms in total. The standard InChI is InChI=1S/C24H31N3O4/c1-16-7-8-17(2)22(13-16)30-15-23(28)25-19-9-10-21-20(14-19)27(12-6-11-26(4)5)24(29)18(3)31-21/h7-10,13-14,18H,6,11-12,15H2,1-5H3,(H,25,28). The van der Waals surface area contributed by atoms with Gasteiger partial charge < -0.3 is 24.6 Å². The first-order chi connectivity index (χ1) is 14.7. The molecule has 0 saturated carbocycles. The Morgan fingerprint density at radius 3 is 2.71 bits per heavy atom. The van der Waals surface area contributed by atoms with E-state index >= 15 is 0 Å². The quantitative estimate of drug-likeness (QED) is 0.702. The number of carbonyl (C=O) groups is 2. The van der Waals surface area contributed by atoms with Crippen molar-refractivity contribution in [3.05, 3.63) is 47.5 Å². The Labute approximate surface area is 183 Å². The van der Waals surface area contributed by atoms with Crippen LogP contribution in [-0.2, 0) is 9.59 Å². The molecule has 2 aromatic carbocycles. The molecule has 1 unspecified atom stereocenters. The third kappa shape index (κ3) is 5.76. The molecule has 0 aliphatic carbocycles. The van der Waals surface area contributed by atoms with E-state index in [1.165, 1.54) is 0 Å². The van der Waals surface area contributed by atoms with Gasteiger partial charge in [-0.3, -0.25) is 9.59 Å². The molecule has 0 aromatic heterocycles. The van der Waals surface area contributed by atoms with E-state index < -0.39 is 6.10 Å². The van der Waals surface area contributed by atoms with Gasteiger partial charge in [0, 0.05) is 12.2 Å². The van der Waals surface area contributed by atoms with Gasteiger partial charge in [-0.2, -0.15) is 0 Å². The molecule has 0 saturated heterocycles. The normalized spacial score (nSPS) is 15.5. The first-order valence-electron chi connectivity index (χ1n) is 10.5. The Morgan fingerprint density at radius 1 is 1.19 bits per heavy atom. The highest BCUT2D eigenvalue weighted by Crippen LogP contribution is 2.36. The van der Waals surface area contributed by atoms with E-state index in [1.54, 1.807) is 30.0 Å². The van der Waals surface area contributed by atoms with Crippen LogP contribution in [-0.4, -0.2) is 56.6 Å². The number of benzene rings is 2. The minimum absolute atomic E-state index is 0.0759. The monoisotopic (exact) mass is 425 g/mol. The van der Waals surface area contributed by atoms with Crippen LogP contribution in [0.4, 0.5) is 11.4 Å². The number of hydrogen-bond acceptors (Lipinski definition) is 5. The van der Waals surface area contributed by atoms with Crippen LogP contribution in [0.2, 0.25) is 0 Å². The predicted molar refractivity (Wildman–Crippen MR) is 122 cm³/mol. The summed E-state index contributed by atoms with van der Waals surface area (Å²) in [4.78, 5) is 29.0. The molecule has 166 valence electrons. The molecule has 7 heteroatoms. The van der Waals surface area contributed by atoms with Gasteiger partial charge in [-0.25, -0.2) is 0 Å². The molecule has 0 fully saturated rings. The maximum Gasteiger partial charge on any atom is 0.267 e. The summed E-state index contributed by atoms with van der Waals surface area (Å²) in [5.74, 6) is 0.992. The molecule has 1 aliphatic rings. The van der Waals surface area contributed by atoms with Crippen molar-refractivity contribution in [2.45, 2.75) is 33.3 Å². The maximum absolute atomic E-state index is 12.7. The van der Waals surface area contributed by atoms with Crippen molar-refractivity contribution in [3.63, 3.8) is 0 Å². The third-order valence-corrected chi connectivity index (χ3v) is 5.14. The maximum atomic E-state index is 12.7. The second kappa shape index (κ2) is 9.83. The number of aryl methyl sites for hydroxylation is 2. The zero-order valence-electron chi connectivity index (χ0n) is 18.9. The molecule has 1 N–H and O–H groups in total. The van der Waals surface area contributed by atoms with Crippen LogP contribution in [0.25, 0.3) is 0 Å². The summed E-state index contributed by atoms with van der Waals surface area (Å²) >= 11 is 0. The SMILES string of the molecule is Cc1ccc(C)c(OCC(=O)Nc2ccc3c(c2)N(CCCN(C)C)C(=O)C(C)O3)c1. The molecule has 0 spiro atoms. The van der Waals surface area contributed by atoms with Gasteiger partial charge >= 0.3 is 0 Å². The van der Waals surface area contributed by atoms with Crippen molar-refractivity contribution in [3.8, 4) is 11.5 Å². The van der Waals surface area contributed by atoms with Crippen LogP contribution < -0.4 is 19.7 Å².